The summed E-state index contributed by atoms with van der Waals surface area (Å²) in [5, 5.41) is 17.0. The summed E-state index contributed by atoms with van der Waals surface area (Å²) in [7, 11) is 0. The second-order valence-corrected chi connectivity index (χ2v) is 7.02. The van der Waals surface area contributed by atoms with E-state index >= 15 is 0 Å². The third-order valence-electron chi connectivity index (χ3n) is 5.16. The van der Waals surface area contributed by atoms with E-state index < -0.39 is 0 Å². The summed E-state index contributed by atoms with van der Waals surface area (Å²) < 4.78 is 0. The molecule has 6 heteroatoms. The average molecular weight is 362 g/mol. The second-order valence-electron chi connectivity index (χ2n) is 7.02. The zero-order chi connectivity index (χ0) is 18.6. The number of hydrogen-bond donors (Lipinski definition) is 1. The highest BCUT2D eigenvalue weighted by atomic mass is 16.6. The van der Waals surface area contributed by atoms with Gasteiger partial charge in [-0.3, -0.25) is 20.0 Å². The molecule has 0 spiro atoms. The fourth-order valence-corrected chi connectivity index (χ4v) is 3.73. The highest BCUT2D eigenvalue weighted by Crippen LogP contribution is 2.25. The Bertz CT molecular complexity index is 946. The summed E-state index contributed by atoms with van der Waals surface area (Å²) in [5.74, 6) is 0. The van der Waals surface area contributed by atoms with Crippen molar-refractivity contribution < 1.29 is 4.92 Å². The molecule has 0 aliphatic carbocycles. The lowest BCUT2D eigenvalue weighted by Crippen LogP contribution is -2.38. The number of nitrogens with zero attached hydrogens (tertiary/aromatic N) is 3. The number of nitrogens with one attached hydrogen (secondary N) is 1. The van der Waals surface area contributed by atoms with Gasteiger partial charge in [-0.15, -0.1) is 0 Å². The van der Waals surface area contributed by atoms with Gasteiger partial charge in [0.25, 0.3) is 5.69 Å². The molecule has 1 aliphatic heterocycles. The van der Waals surface area contributed by atoms with Crippen molar-refractivity contribution in [2.45, 2.75) is 25.4 Å². The Labute approximate surface area is 158 Å². The quantitative estimate of drug-likeness (QED) is 0.543. The summed E-state index contributed by atoms with van der Waals surface area (Å²) in [6.07, 6.45) is 5.82. The number of anilines is 1. The molecule has 0 saturated carbocycles. The van der Waals surface area contributed by atoms with Crippen LogP contribution >= 0.6 is 0 Å². The predicted molar refractivity (Wildman–Crippen MR) is 107 cm³/mol. The van der Waals surface area contributed by atoms with Crippen molar-refractivity contribution in [2.24, 2.45) is 0 Å². The van der Waals surface area contributed by atoms with Crippen LogP contribution in [-0.2, 0) is 6.54 Å². The van der Waals surface area contributed by atoms with E-state index in [0.29, 0.717) is 6.04 Å². The van der Waals surface area contributed by atoms with E-state index in [1.165, 1.54) is 5.39 Å². The van der Waals surface area contributed by atoms with Gasteiger partial charge in [0.05, 0.1) is 4.92 Å². The molecule has 1 saturated heterocycles. The lowest BCUT2D eigenvalue weighted by Gasteiger charge is -2.33. The van der Waals surface area contributed by atoms with Gasteiger partial charge in [-0.1, -0.05) is 24.3 Å². The Morgan fingerprint density at radius 1 is 1.15 bits per heavy atom. The van der Waals surface area contributed by atoms with Crippen LogP contribution in [0.25, 0.3) is 10.8 Å². The van der Waals surface area contributed by atoms with E-state index in [1.54, 1.807) is 18.2 Å². The van der Waals surface area contributed by atoms with Crippen molar-refractivity contribution in [3.05, 3.63) is 76.6 Å². The van der Waals surface area contributed by atoms with Crippen LogP contribution in [0.4, 0.5) is 11.4 Å². The Balaban J connectivity index is 1.36. The molecule has 0 bridgehead atoms. The molecule has 2 heterocycles. The highest BCUT2D eigenvalue weighted by molar-refractivity contribution is 5.93. The molecule has 6 nitrogen and oxygen atoms in total. The molecule has 0 unspecified atom stereocenters. The number of pyridine rings is 1. The molecule has 27 heavy (non-hydrogen) atoms. The van der Waals surface area contributed by atoms with E-state index in [2.05, 4.69) is 39.5 Å². The fourth-order valence-electron chi connectivity index (χ4n) is 3.73. The number of benzene rings is 2. The second kappa shape index (κ2) is 7.72. The minimum absolute atomic E-state index is 0.162. The van der Waals surface area contributed by atoms with Crippen LogP contribution in [0, 0.1) is 10.1 Å². The van der Waals surface area contributed by atoms with Crippen molar-refractivity contribution in [3.63, 3.8) is 0 Å². The Hall–Kier alpha value is -2.99. The fraction of sp³-hybridized carbons (Fsp3) is 0.286. The van der Waals surface area contributed by atoms with E-state index in [0.717, 1.165) is 49.1 Å². The first kappa shape index (κ1) is 17.4. The van der Waals surface area contributed by atoms with Crippen molar-refractivity contribution in [3.8, 4) is 0 Å². The first-order valence-electron chi connectivity index (χ1n) is 9.24. The van der Waals surface area contributed by atoms with Gasteiger partial charge in [0.1, 0.15) is 0 Å². The van der Waals surface area contributed by atoms with Crippen LogP contribution in [-0.4, -0.2) is 33.9 Å². The zero-order valence-corrected chi connectivity index (χ0v) is 15.0. The summed E-state index contributed by atoms with van der Waals surface area (Å²) in [4.78, 5) is 17.2. The molecule has 1 aromatic heterocycles. The van der Waals surface area contributed by atoms with Crippen LogP contribution in [0.5, 0.6) is 0 Å². The monoisotopic (exact) mass is 362 g/mol. The minimum Gasteiger partial charge on any atom is -0.382 e. The van der Waals surface area contributed by atoms with E-state index in [4.69, 9.17) is 0 Å². The molecule has 0 radical (unpaired) electrons. The molecule has 1 fully saturated rings. The molecule has 138 valence electrons. The SMILES string of the molecule is O=[N+]([O-])c1cccc(CN2CCC(Nc3cccc4cnccc34)CC2)c1. The first-order valence-corrected chi connectivity index (χ1v) is 9.24. The summed E-state index contributed by atoms with van der Waals surface area (Å²) in [5.41, 5.74) is 2.32. The van der Waals surface area contributed by atoms with Crippen molar-refractivity contribution in [1.82, 2.24) is 9.88 Å². The van der Waals surface area contributed by atoms with Gasteiger partial charge >= 0.3 is 0 Å². The number of nitro benzene ring substituents is 1. The number of aromatic nitrogens is 1. The third-order valence-corrected chi connectivity index (χ3v) is 5.16. The van der Waals surface area contributed by atoms with Gasteiger partial charge in [0.2, 0.25) is 0 Å². The summed E-state index contributed by atoms with van der Waals surface area (Å²) in [6.45, 7) is 2.72. The number of hydrogen-bond acceptors (Lipinski definition) is 5. The first-order chi connectivity index (χ1) is 13.2. The largest absolute Gasteiger partial charge is 0.382 e. The standard InChI is InChI=1S/C21H22N4O2/c26-25(27)19-5-1-3-16(13-19)15-24-11-8-18(9-12-24)23-21-6-2-4-17-14-22-10-7-20(17)21/h1-7,10,13-14,18,23H,8-9,11-12,15H2. The Kier molecular flexibility index (Phi) is 4.98. The van der Waals surface area contributed by atoms with Gasteiger partial charge in [0.15, 0.2) is 0 Å². The van der Waals surface area contributed by atoms with E-state index in [9.17, 15) is 10.1 Å². The maximum Gasteiger partial charge on any atom is 0.269 e. The van der Waals surface area contributed by atoms with Gasteiger partial charge in [0, 0.05) is 66.7 Å². The Morgan fingerprint density at radius 2 is 1.96 bits per heavy atom. The maximum absolute atomic E-state index is 10.9. The lowest BCUT2D eigenvalue weighted by molar-refractivity contribution is -0.384. The van der Waals surface area contributed by atoms with Gasteiger partial charge < -0.3 is 5.32 Å². The van der Waals surface area contributed by atoms with Crippen molar-refractivity contribution in [1.29, 1.82) is 0 Å². The normalized spacial score (nSPS) is 15.7. The number of fused-ring (bicyclic) bond motifs is 1. The zero-order valence-electron chi connectivity index (χ0n) is 15.0. The molecule has 2 aromatic carbocycles. The maximum atomic E-state index is 10.9. The molecule has 1 aliphatic rings. The van der Waals surface area contributed by atoms with Crippen molar-refractivity contribution >= 4 is 22.1 Å². The smallest absolute Gasteiger partial charge is 0.269 e. The van der Waals surface area contributed by atoms with Crippen molar-refractivity contribution in [2.75, 3.05) is 18.4 Å². The molecular weight excluding hydrogens is 340 g/mol. The average Bonchev–Trinajstić information content (AvgIpc) is 2.70. The third kappa shape index (κ3) is 4.06. The van der Waals surface area contributed by atoms with Crippen LogP contribution < -0.4 is 5.32 Å². The number of rotatable bonds is 5. The highest BCUT2D eigenvalue weighted by Gasteiger charge is 2.20. The molecule has 4 rings (SSSR count). The van der Waals surface area contributed by atoms with Gasteiger partial charge in [-0.05, 0) is 30.5 Å². The molecule has 0 amide bonds. The molecule has 1 N–H and O–H groups in total. The lowest BCUT2D eigenvalue weighted by atomic mass is 10.0. The number of piperidine rings is 1. The van der Waals surface area contributed by atoms with Crippen LogP contribution in [0.3, 0.4) is 0 Å². The van der Waals surface area contributed by atoms with Gasteiger partial charge in [-0.2, -0.15) is 0 Å². The number of non-ortho nitro benzene ring substituents is 1. The summed E-state index contributed by atoms with van der Waals surface area (Å²) >= 11 is 0. The molecule has 0 atom stereocenters. The van der Waals surface area contributed by atoms with E-state index in [1.807, 2.05) is 18.5 Å². The topological polar surface area (TPSA) is 71.3 Å². The summed E-state index contributed by atoms with van der Waals surface area (Å²) in [6, 6.07) is 15.7. The van der Waals surface area contributed by atoms with Crippen LogP contribution in [0.1, 0.15) is 18.4 Å². The van der Waals surface area contributed by atoms with E-state index in [-0.39, 0.29) is 10.6 Å². The molecular formula is C21H22N4O2. The Morgan fingerprint density at radius 3 is 2.78 bits per heavy atom. The van der Waals surface area contributed by atoms with Crippen LogP contribution in [0.15, 0.2) is 60.9 Å². The van der Waals surface area contributed by atoms with Gasteiger partial charge in [-0.25, -0.2) is 0 Å². The number of likely N-dealkylation sites (tertiary alicyclic amines) is 1. The molecule has 3 aromatic rings. The number of nitro groups is 1. The van der Waals surface area contributed by atoms with Crippen LogP contribution in [0.2, 0.25) is 0 Å². The minimum atomic E-state index is -0.334. The predicted octanol–water partition coefficient (Wildman–Crippen LogP) is 4.22.